The Morgan fingerprint density at radius 3 is 2.69 bits per heavy atom. The van der Waals surface area contributed by atoms with Crippen molar-refractivity contribution in [1.29, 1.82) is 0 Å². The highest BCUT2D eigenvalue weighted by Gasteiger charge is 2.11. The number of hydrogen-bond donors (Lipinski definition) is 1. The highest BCUT2D eigenvalue weighted by atomic mass is 32.1. The van der Waals surface area contributed by atoms with Crippen LogP contribution in [0.5, 0.6) is 5.88 Å². The van der Waals surface area contributed by atoms with Gasteiger partial charge < -0.3 is 15.4 Å². The second-order valence-corrected chi connectivity index (χ2v) is 3.92. The molecular formula is C8H15N3OS. The zero-order chi connectivity index (χ0) is 9.84. The number of rotatable bonds is 4. The Balaban J connectivity index is 2.90. The van der Waals surface area contributed by atoms with Crippen molar-refractivity contribution < 1.29 is 4.74 Å². The summed E-state index contributed by atoms with van der Waals surface area (Å²) in [5, 5.41) is 0.959. The van der Waals surface area contributed by atoms with Gasteiger partial charge >= 0.3 is 0 Å². The number of ether oxygens (including phenoxy) is 1. The Hall–Kier alpha value is -0.810. The van der Waals surface area contributed by atoms with Gasteiger partial charge in [0.25, 0.3) is 0 Å². The standard InChI is InChI=1S/C8H15N3OS/c1-11(2)8-10-7(12-3)6(13-8)4-5-9/h4-5,9H2,1-3H3. The number of hydrogen-bond acceptors (Lipinski definition) is 5. The second kappa shape index (κ2) is 4.43. The molecule has 13 heavy (non-hydrogen) atoms. The van der Waals surface area contributed by atoms with Crippen LogP contribution >= 0.6 is 11.3 Å². The normalized spacial score (nSPS) is 10.2. The number of thiazole rings is 1. The number of anilines is 1. The minimum atomic E-state index is 0.630. The first kappa shape index (κ1) is 10.3. The van der Waals surface area contributed by atoms with Crippen LogP contribution in [-0.2, 0) is 6.42 Å². The van der Waals surface area contributed by atoms with Crippen molar-refractivity contribution in [2.75, 3.05) is 32.6 Å². The van der Waals surface area contributed by atoms with Gasteiger partial charge in [-0.1, -0.05) is 11.3 Å². The van der Waals surface area contributed by atoms with Crippen LogP contribution < -0.4 is 15.4 Å². The molecule has 1 aromatic rings. The van der Waals surface area contributed by atoms with E-state index in [1.54, 1.807) is 18.4 Å². The molecule has 74 valence electrons. The highest BCUT2D eigenvalue weighted by molar-refractivity contribution is 7.15. The van der Waals surface area contributed by atoms with Crippen LogP contribution in [0.4, 0.5) is 5.13 Å². The third kappa shape index (κ3) is 2.32. The Morgan fingerprint density at radius 2 is 2.23 bits per heavy atom. The molecule has 5 heteroatoms. The largest absolute Gasteiger partial charge is 0.480 e. The summed E-state index contributed by atoms with van der Waals surface area (Å²) >= 11 is 1.63. The summed E-state index contributed by atoms with van der Waals surface area (Å²) in [7, 11) is 5.56. The molecule has 0 aliphatic carbocycles. The lowest BCUT2D eigenvalue weighted by atomic mass is 10.4. The minimum Gasteiger partial charge on any atom is -0.480 e. The molecule has 0 atom stereocenters. The van der Waals surface area contributed by atoms with Crippen molar-refractivity contribution in [3.05, 3.63) is 4.88 Å². The minimum absolute atomic E-state index is 0.630. The molecule has 0 saturated heterocycles. The predicted molar refractivity (Wildman–Crippen MR) is 55.8 cm³/mol. The van der Waals surface area contributed by atoms with Crippen LogP contribution in [0.3, 0.4) is 0 Å². The molecule has 1 heterocycles. The van der Waals surface area contributed by atoms with Crippen molar-refractivity contribution in [3.63, 3.8) is 0 Å². The van der Waals surface area contributed by atoms with Gasteiger partial charge in [0.1, 0.15) is 0 Å². The van der Waals surface area contributed by atoms with Gasteiger partial charge in [0.15, 0.2) is 5.13 Å². The summed E-state index contributed by atoms with van der Waals surface area (Å²) in [6.45, 7) is 0.630. The lowest BCUT2D eigenvalue weighted by Crippen LogP contribution is -2.07. The quantitative estimate of drug-likeness (QED) is 0.780. The Kier molecular flexibility index (Phi) is 3.50. The van der Waals surface area contributed by atoms with Crippen molar-refractivity contribution >= 4 is 16.5 Å². The predicted octanol–water partition coefficient (Wildman–Crippen LogP) is 0.719. The summed E-state index contributed by atoms with van der Waals surface area (Å²) in [6.07, 6.45) is 0.828. The van der Waals surface area contributed by atoms with E-state index >= 15 is 0 Å². The molecule has 1 aromatic heterocycles. The molecule has 0 spiro atoms. The summed E-state index contributed by atoms with van der Waals surface area (Å²) in [5.41, 5.74) is 5.48. The zero-order valence-corrected chi connectivity index (χ0v) is 9.02. The maximum absolute atomic E-state index is 5.48. The third-order valence-corrected chi connectivity index (χ3v) is 2.86. The molecule has 0 amide bonds. The second-order valence-electron chi connectivity index (χ2n) is 2.86. The average molecular weight is 201 g/mol. The first-order valence-corrected chi connectivity index (χ1v) is 4.91. The summed E-state index contributed by atoms with van der Waals surface area (Å²) < 4.78 is 5.15. The van der Waals surface area contributed by atoms with Gasteiger partial charge in [-0.15, -0.1) is 0 Å². The first-order valence-electron chi connectivity index (χ1n) is 4.10. The Labute approximate surface area is 82.3 Å². The fraction of sp³-hybridized carbons (Fsp3) is 0.625. The van der Waals surface area contributed by atoms with Gasteiger partial charge in [-0.2, -0.15) is 4.98 Å². The molecule has 4 nitrogen and oxygen atoms in total. The van der Waals surface area contributed by atoms with Crippen LogP contribution in [0.2, 0.25) is 0 Å². The van der Waals surface area contributed by atoms with Crippen molar-refractivity contribution in [2.45, 2.75) is 6.42 Å². The molecule has 0 bridgehead atoms. The molecule has 0 unspecified atom stereocenters. The van der Waals surface area contributed by atoms with Gasteiger partial charge in [0.05, 0.1) is 12.0 Å². The molecule has 0 fully saturated rings. The third-order valence-electron chi connectivity index (χ3n) is 1.60. The van der Waals surface area contributed by atoms with Gasteiger partial charge in [-0.25, -0.2) is 0 Å². The maximum Gasteiger partial charge on any atom is 0.229 e. The van der Waals surface area contributed by atoms with E-state index in [-0.39, 0.29) is 0 Å². The zero-order valence-electron chi connectivity index (χ0n) is 8.20. The molecule has 1 rings (SSSR count). The molecule has 0 aliphatic heterocycles. The number of methoxy groups -OCH3 is 1. The fourth-order valence-electron chi connectivity index (χ4n) is 0.966. The van der Waals surface area contributed by atoms with E-state index in [1.807, 2.05) is 19.0 Å². The number of nitrogens with zero attached hydrogens (tertiary/aromatic N) is 2. The average Bonchev–Trinajstić information content (AvgIpc) is 2.48. The van der Waals surface area contributed by atoms with E-state index in [0.29, 0.717) is 12.4 Å². The maximum atomic E-state index is 5.48. The van der Waals surface area contributed by atoms with Gasteiger partial charge in [0, 0.05) is 14.1 Å². The van der Waals surface area contributed by atoms with Gasteiger partial charge in [-0.3, -0.25) is 0 Å². The first-order chi connectivity index (χ1) is 6.19. The molecule has 0 radical (unpaired) electrons. The molecule has 0 aromatic carbocycles. The number of aromatic nitrogens is 1. The van der Waals surface area contributed by atoms with E-state index in [9.17, 15) is 0 Å². The molecule has 2 N–H and O–H groups in total. The van der Waals surface area contributed by atoms with E-state index in [4.69, 9.17) is 10.5 Å². The summed E-state index contributed by atoms with van der Waals surface area (Å²) in [5.74, 6) is 0.708. The topological polar surface area (TPSA) is 51.4 Å². The van der Waals surface area contributed by atoms with E-state index in [2.05, 4.69) is 4.98 Å². The molecule has 0 aliphatic rings. The number of nitrogens with two attached hydrogens (primary N) is 1. The summed E-state index contributed by atoms with van der Waals surface area (Å²) in [6, 6.07) is 0. The van der Waals surface area contributed by atoms with Crippen LogP contribution in [0, 0.1) is 0 Å². The monoisotopic (exact) mass is 201 g/mol. The molecular weight excluding hydrogens is 186 g/mol. The Morgan fingerprint density at radius 1 is 1.54 bits per heavy atom. The fourth-order valence-corrected chi connectivity index (χ4v) is 1.93. The van der Waals surface area contributed by atoms with Crippen molar-refractivity contribution in [3.8, 4) is 5.88 Å². The van der Waals surface area contributed by atoms with E-state index in [0.717, 1.165) is 16.4 Å². The van der Waals surface area contributed by atoms with E-state index < -0.39 is 0 Å². The highest BCUT2D eigenvalue weighted by Crippen LogP contribution is 2.30. The van der Waals surface area contributed by atoms with Crippen LogP contribution in [0.15, 0.2) is 0 Å². The smallest absolute Gasteiger partial charge is 0.229 e. The van der Waals surface area contributed by atoms with Gasteiger partial charge in [-0.05, 0) is 13.0 Å². The lowest BCUT2D eigenvalue weighted by Gasteiger charge is -2.04. The molecule has 0 saturated carbocycles. The van der Waals surface area contributed by atoms with Gasteiger partial charge in [0.2, 0.25) is 5.88 Å². The van der Waals surface area contributed by atoms with Crippen molar-refractivity contribution in [1.82, 2.24) is 4.98 Å². The van der Waals surface area contributed by atoms with Crippen LogP contribution in [0.25, 0.3) is 0 Å². The lowest BCUT2D eigenvalue weighted by molar-refractivity contribution is 0.396. The van der Waals surface area contributed by atoms with Crippen LogP contribution in [0.1, 0.15) is 4.88 Å². The van der Waals surface area contributed by atoms with Crippen molar-refractivity contribution in [2.24, 2.45) is 5.73 Å². The SMILES string of the molecule is COc1nc(N(C)C)sc1CCN. The van der Waals surface area contributed by atoms with E-state index in [1.165, 1.54) is 0 Å². The Bertz CT molecular complexity index is 272. The van der Waals surface area contributed by atoms with Crippen LogP contribution in [-0.4, -0.2) is 32.7 Å². The summed E-state index contributed by atoms with van der Waals surface area (Å²) in [4.78, 5) is 7.40.